The number of hydrogen-bond acceptors (Lipinski definition) is 7. The Labute approximate surface area is 232 Å². The van der Waals surface area contributed by atoms with Crippen LogP contribution in [0.1, 0.15) is 43.9 Å². The summed E-state index contributed by atoms with van der Waals surface area (Å²) in [7, 11) is -1.90. The number of carbonyl (C=O) groups is 2. The number of anilines is 1. The normalized spacial score (nSPS) is 24.9. The van der Waals surface area contributed by atoms with Crippen LogP contribution in [0.4, 0.5) is 9.80 Å². The van der Waals surface area contributed by atoms with Crippen LogP contribution in [-0.2, 0) is 37.6 Å². The minimum absolute atomic E-state index is 0.00948. The molecular formula is C26H36BrFN4O5Si. The first kappa shape index (κ1) is 28.8. The molecule has 1 saturated heterocycles. The number of aryl methyl sites for hydroxylation is 1. The second kappa shape index (κ2) is 11.5. The van der Waals surface area contributed by atoms with Gasteiger partial charge in [0.25, 0.3) is 5.91 Å². The highest BCUT2D eigenvalue weighted by molar-refractivity contribution is 9.10. The summed E-state index contributed by atoms with van der Waals surface area (Å²) in [5, 5.41) is 17.4. The van der Waals surface area contributed by atoms with Crippen molar-refractivity contribution in [3.05, 3.63) is 40.1 Å². The number of hydrogen-bond donors (Lipinski definition) is 1. The summed E-state index contributed by atoms with van der Waals surface area (Å²) in [5.41, 5.74) is 0.532. The van der Waals surface area contributed by atoms with Crippen LogP contribution in [0.15, 0.2) is 28.9 Å². The van der Waals surface area contributed by atoms with Gasteiger partial charge in [-0.2, -0.15) is 0 Å². The summed E-state index contributed by atoms with van der Waals surface area (Å²) in [5.74, 6) is -0.823. The van der Waals surface area contributed by atoms with Crippen LogP contribution in [-0.4, -0.2) is 66.7 Å². The van der Waals surface area contributed by atoms with Gasteiger partial charge in [0.15, 0.2) is 5.60 Å². The molecule has 12 heteroatoms. The summed E-state index contributed by atoms with van der Waals surface area (Å²) in [6.45, 7) is 6.19. The van der Waals surface area contributed by atoms with Gasteiger partial charge in [0, 0.05) is 60.2 Å². The lowest BCUT2D eigenvalue weighted by molar-refractivity contribution is -0.146. The quantitative estimate of drug-likeness (QED) is 0.176. The minimum Gasteiger partial charge on any atom is -0.469 e. The number of unbranched alkanes of at least 4 members (excludes halogenated alkanes) is 1. The van der Waals surface area contributed by atoms with E-state index in [1.807, 2.05) is 25.1 Å². The molecule has 2 aromatic rings. The number of ether oxygens (including phenoxy) is 2. The fourth-order valence-electron chi connectivity index (χ4n) is 6.09. The van der Waals surface area contributed by atoms with Gasteiger partial charge in [-0.1, -0.05) is 28.1 Å². The number of aliphatic hydroxyl groups excluding tert-OH is 1. The Bertz CT molecular complexity index is 1170. The third kappa shape index (κ3) is 5.45. The van der Waals surface area contributed by atoms with Crippen molar-refractivity contribution in [2.75, 3.05) is 25.2 Å². The van der Waals surface area contributed by atoms with Crippen molar-refractivity contribution in [1.29, 1.82) is 0 Å². The monoisotopic (exact) mass is 610 g/mol. The average molecular weight is 612 g/mol. The van der Waals surface area contributed by atoms with Crippen molar-refractivity contribution in [2.45, 2.75) is 75.9 Å². The largest absolute Gasteiger partial charge is 0.469 e. The smallest absolute Gasteiger partial charge is 0.305 e. The first-order valence-corrected chi connectivity index (χ1v) is 16.8. The predicted molar refractivity (Wildman–Crippen MR) is 146 cm³/mol. The van der Waals surface area contributed by atoms with Crippen molar-refractivity contribution in [3.63, 3.8) is 0 Å². The molecule has 2 aliphatic rings. The molecular weight excluding hydrogens is 575 g/mol. The van der Waals surface area contributed by atoms with Crippen LogP contribution >= 0.6 is 15.9 Å². The molecule has 4 atom stereocenters. The van der Waals surface area contributed by atoms with Gasteiger partial charge in [-0.25, -0.2) is 0 Å². The zero-order valence-corrected chi connectivity index (χ0v) is 24.9. The van der Waals surface area contributed by atoms with E-state index < -0.39 is 25.7 Å². The van der Waals surface area contributed by atoms with E-state index >= 15 is 4.11 Å². The predicted octanol–water partition coefficient (Wildman–Crippen LogP) is 4.13. The number of rotatable bonds is 11. The van der Waals surface area contributed by atoms with E-state index in [-0.39, 0.29) is 30.8 Å². The van der Waals surface area contributed by atoms with Crippen LogP contribution in [0.2, 0.25) is 18.6 Å². The fourth-order valence-corrected chi connectivity index (χ4v) is 8.99. The number of nitrogens with zero attached hydrogens (tertiary/aromatic N) is 4. The maximum atomic E-state index is 15.9. The second-order valence-corrected chi connectivity index (χ2v) is 15.4. The van der Waals surface area contributed by atoms with Crippen molar-refractivity contribution >= 4 is 41.9 Å². The molecule has 9 nitrogen and oxygen atoms in total. The van der Waals surface area contributed by atoms with Gasteiger partial charge in [0.1, 0.15) is 0 Å². The topological polar surface area (TPSA) is 107 Å². The third-order valence-electron chi connectivity index (χ3n) is 7.76. The van der Waals surface area contributed by atoms with Gasteiger partial charge in [0.05, 0.1) is 24.6 Å². The maximum absolute atomic E-state index is 15.9. The Morgan fingerprint density at radius 1 is 1.32 bits per heavy atom. The number of fused-ring (bicyclic) bond motifs is 2. The summed E-state index contributed by atoms with van der Waals surface area (Å²) in [6.07, 6.45) is 3.71. The molecule has 0 radical (unpaired) electrons. The number of amides is 1. The SMILES string of the molecule is COC(=O)CCCCN1C(=O)[C@@]2(O[C@@H](CCn3cc(CCO)nn3)[C@H]([Si](C)(C)F)[C@H]2C)c2cc(Br)ccc21. The molecule has 0 aliphatic carbocycles. The molecule has 3 heterocycles. The van der Waals surface area contributed by atoms with Crippen LogP contribution in [0.25, 0.3) is 0 Å². The van der Waals surface area contributed by atoms with E-state index in [1.54, 1.807) is 28.9 Å². The van der Waals surface area contributed by atoms with Crippen LogP contribution in [0.3, 0.4) is 0 Å². The number of aromatic nitrogens is 3. The summed E-state index contributed by atoms with van der Waals surface area (Å²) in [4.78, 5) is 27.5. The van der Waals surface area contributed by atoms with Gasteiger partial charge in [-0.3, -0.25) is 14.3 Å². The Morgan fingerprint density at radius 2 is 2.08 bits per heavy atom. The third-order valence-corrected chi connectivity index (χ3v) is 10.7. The highest BCUT2D eigenvalue weighted by atomic mass is 79.9. The van der Waals surface area contributed by atoms with Gasteiger partial charge in [0.2, 0.25) is 8.41 Å². The zero-order chi connectivity index (χ0) is 27.7. The molecule has 1 aromatic heterocycles. The molecule has 1 spiro atoms. The van der Waals surface area contributed by atoms with Gasteiger partial charge >= 0.3 is 5.97 Å². The molecule has 1 fully saturated rings. The number of methoxy groups -OCH3 is 1. The van der Waals surface area contributed by atoms with Crippen molar-refractivity contribution in [1.82, 2.24) is 15.0 Å². The number of aliphatic hydroxyl groups is 1. The summed E-state index contributed by atoms with van der Waals surface area (Å²) >= 11 is 3.55. The highest BCUT2D eigenvalue weighted by Crippen LogP contribution is 2.60. The van der Waals surface area contributed by atoms with E-state index in [4.69, 9.17) is 14.6 Å². The molecule has 38 heavy (non-hydrogen) atoms. The number of esters is 1. The first-order chi connectivity index (χ1) is 18.0. The second-order valence-electron chi connectivity index (χ2n) is 10.7. The Hall–Kier alpha value is -2.15. The minimum atomic E-state index is -3.26. The summed E-state index contributed by atoms with van der Waals surface area (Å²) < 4.78 is 29.9. The molecule has 0 saturated carbocycles. The number of benzene rings is 1. The zero-order valence-electron chi connectivity index (χ0n) is 22.3. The Kier molecular flexibility index (Phi) is 8.75. The number of halogens is 2. The Morgan fingerprint density at radius 3 is 2.76 bits per heavy atom. The summed E-state index contributed by atoms with van der Waals surface area (Å²) in [6, 6.07) is 5.72. The van der Waals surface area contributed by atoms with Gasteiger partial charge in [-0.15, -0.1) is 5.10 Å². The van der Waals surface area contributed by atoms with Crippen LogP contribution in [0.5, 0.6) is 0 Å². The fraction of sp³-hybridized carbons (Fsp3) is 0.615. The molecule has 0 unspecified atom stereocenters. The molecule has 4 rings (SSSR count). The van der Waals surface area contributed by atoms with Crippen LogP contribution < -0.4 is 4.90 Å². The molecule has 2 aliphatic heterocycles. The first-order valence-electron chi connectivity index (χ1n) is 13.1. The van der Waals surface area contributed by atoms with E-state index in [0.29, 0.717) is 44.5 Å². The lowest BCUT2D eigenvalue weighted by atomic mass is 9.82. The molecule has 1 amide bonds. The van der Waals surface area contributed by atoms with E-state index in [9.17, 15) is 9.59 Å². The van der Waals surface area contributed by atoms with Gasteiger partial charge < -0.3 is 23.6 Å². The number of carbonyl (C=O) groups excluding carboxylic acids is 2. The van der Waals surface area contributed by atoms with E-state index in [1.165, 1.54) is 7.11 Å². The van der Waals surface area contributed by atoms with E-state index in [0.717, 1.165) is 15.7 Å². The maximum Gasteiger partial charge on any atom is 0.305 e. The van der Waals surface area contributed by atoms with Crippen molar-refractivity contribution in [3.8, 4) is 0 Å². The van der Waals surface area contributed by atoms with E-state index in [2.05, 4.69) is 26.2 Å². The van der Waals surface area contributed by atoms with Crippen molar-refractivity contribution < 1.29 is 28.3 Å². The Balaban J connectivity index is 1.62. The van der Waals surface area contributed by atoms with Crippen LogP contribution in [0, 0.1) is 5.92 Å². The molecule has 1 aromatic carbocycles. The lowest BCUT2D eigenvalue weighted by Gasteiger charge is -2.31. The standard InChI is InChI=1S/C26H36BrFN4O5Si/c1-17-24(38(3,4)28)22(10-13-31-16-19(11-14-33)29-30-31)37-26(17)20-15-18(27)8-9-21(20)32(25(26)35)12-6-5-7-23(34)36-2/h8-9,15-17,22,24,33H,5-7,10-14H2,1-4H3/t17-,22+,24-,26+/m1/s1. The van der Waals surface area contributed by atoms with Crippen molar-refractivity contribution in [2.24, 2.45) is 5.92 Å². The molecule has 1 N–H and O–H groups in total. The lowest BCUT2D eigenvalue weighted by Crippen LogP contribution is -2.45. The molecule has 208 valence electrons. The molecule has 0 bridgehead atoms. The van der Waals surface area contributed by atoms with Gasteiger partial charge in [-0.05, 0) is 50.6 Å². The highest BCUT2D eigenvalue weighted by Gasteiger charge is 2.66. The average Bonchev–Trinajstić information content (AvgIpc) is 3.50.